The zero-order valence-corrected chi connectivity index (χ0v) is 16.8. The number of carbonyl (C=O) groups is 2. The third kappa shape index (κ3) is 4.83. The van der Waals surface area contributed by atoms with Crippen molar-refractivity contribution in [3.05, 3.63) is 39.5 Å². The van der Waals surface area contributed by atoms with Gasteiger partial charge < -0.3 is 10.1 Å². The summed E-state index contributed by atoms with van der Waals surface area (Å²) in [5.41, 5.74) is 1.63. The fraction of sp³-hybridized carbons (Fsp3) is 0.368. The molecule has 0 bridgehead atoms. The highest BCUT2D eigenvalue weighted by Gasteiger charge is 2.21. The van der Waals surface area contributed by atoms with Crippen LogP contribution in [0.5, 0.6) is 0 Å². The topological polar surface area (TPSA) is 97.0 Å². The van der Waals surface area contributed by atoms with Crippen molar-refractivity contribution in [2.75, 3.05) is 11.9 Å². The van der Waals surface area contributed by atoms with Gasteiger partial charge in [-0.05, 0) is 31.9 Å². The van der Waals surface area contributed by atoms with E-state index in [1.807, 2.05) is 19.9 Å². The first kappa shape index (κ1) is 20.4. The van der Waals surface area contributed by atoms with Crippen LogP contribution < -0.4 is 5.32 Å². The molecule has 1 N–H and O–H groups in total. The lowest BCUT2D eigenvalue weighted by Crippen LogP contribution is -2.15. The molecule has 0 aliphatic heterocycles. The van der Waals surface area contributed by atoms with Gasteiger partial charge in [0.25, 0.3) is 5.91 Å². The van der Waals surface area contributed by atoms with Crippen LogP contribution in [-0.4, -0.2) is 28.3 Å². The molecule has 2 aromatic heterocycles. The number of carbonyl (C=O) groups excluding carboxylic acids is 2. The van der Waals surface area contributed by atoms with Gasteiger partial charge in [0, 0.05) is 23.7 Å². The first-order valence-electron chi connectivity index (χ1n) is 8.51. The van der Waals surface area contributed by atoms with Gasteiger partial charge in [-0.15, -0.1) is 11.3 Å². The molecule has 0 saturated carbocycles. The highest BCUT2D eigenvalue weighted by Crippen LogP contribution is 2.33. The number of rotatable bonds is 6. The van der Waals surface area contributed by atoms with Crippen molar-refractivity contribution in [1.82, 2.24) is 9.78 Å². The SMILES string of the molecule is CCOC(=O)c1cc(C(C)C)sc1NC(=O)/C(C#N)=C/c1cn(C)nc1C. The van der Waals surface area contributed by atoms with Crippen molar-refractivity contribution < 1.29 is 14.3 Å². The summed E-state index contributed by atoms with van der Waals surface area (Å²) in [6.07, 6.45) is 3.21. The van der Waals surface area contributed by atoms with E-state index in [9.17, 15) is 14.9 Å². The summed E-state index contributed by atoms with van der Waals surface area (Å²) in [6, 6.07) is 3.64. The van der Waals surface area contributed by atoms with Gasteiger partial charge in [0.05, 0.1) is 17.9 Å². The predicted molar refractivity (Wildman–Crippen MR) is 105 cm³/mol. The van der Waals surface area contributed by atoms with Crippen molar-refractivity contribution in [1.29, 1.82) is 5.26 Å². The fourth-order valence-electron chi connectivity index (χ4n) is 2.38. The van der Waals surface area contributed by atoms with Crippen LogP contribution in [0.3, 0.4) is 0 Å². The number of nitrogens with zero attached hydrogens (tertiary/aromatic N) is 3. The molecule has 0 fully saturated rings. The molecule has 2 rings (SSSR count). The van der Waals surface area contributed by atoms with E-state index in [2.05, 4.69) is 10.4 Å². The van der Waals surface area contributed by atoms with E-state index in [1.54, 1.807) is 37.8 Å². The van der Waals surface area contributed by atoms with E-state index in [0.717, 1.165) is 4.88 Å². The highest BCUT2D eigenvalue weighted by molar-refractivity contribution is 7.16. The van der Waals surface area contributed by atoms with Crippen LogP contribution in [0.15, 0.2) is 17.8 Å². The van der Waals surface area contributed by atoms with Gasteiger partial charge in [0.2, 0.25) is 0 Å². The number of amides is 1. The third-order valence-electron chi connectivity index (χ3n) is 3.76. The third-order valence-corrected chi connectivity index (χ3v) is 5.11. The number of anilines is 1. The summed E-state index contributed by atoms with van der Waals surface area (Å²) in [5.74, 6) is -0.886. The van der Waals surface area contributed by atoms with Crippen LogP contribution >= 0.6 is 11.3 Å². The maximum absolute atomic E-state index is 12.6. The van der Waals surface area contributed by atoms with E-state index < -0.39 is 11.9 Å². The van der Waals surface area contributed by atoms with Gasteiger partial charge in [0.1, 0.15) is 16.6 Å². The lowest BCUT2D eigenvalue weighted by molar-refractivity contribution is -0.112. The van der Waals surface area contributed by atoms with Crippen molar-refractivity contribution >= 4 is 34.3 Å². The molecule has 0 spiro atoms. The Balaban J connectivity index is 2.34. The standard InChI is InChI=1S/C19H22N4O3S/c1-6-26-19(25)15-8-16(11(2)3)27-18(15)21-17(24)13(9-20)7-14-10-23(5)22-12(14)4/h7-8,10-11H,6H2,1-5H3,(H,21,24)/b13-7+. The molecular formula is C19H22N4O3S. The molecule has 0 aliphatic carbocycles. The number of ether oxygens (including phenoxy) is 1. The average molecular weight is 386 g/mol. The van der Waals surface area contributed by atoms with Gasteiger partial charge >= 0.3 is 5.97 Å². The van der Waals surface area contributed by atoms with Crippen LogP contribution in [-0.2, 0) is 16.6 Å². The lowest BCUT2D eigenvalue weighted by Gasteiger charge is -2.05. The zero-order chi connectivity index (χ0) is 20.1. The van der Waals surface area contributed by atoms with Crippen LogP contribution in [0.4, 0.5) is 5.00 Å². The summed E-state index contributed by atoms with van der Waals surface area (Å²) in [6.45, 7) is 7.75. The minimum absolute atomic E-state index is 0.0691. The van der Waals surface area contributed by atoms with Gasteiger partial charge in [0.15, 0.2) is 0 Å². The number of nitrogens with one attached hydrogen (secondary N) is 1. The second-order valence-electron chi connectivity index (χ2n) is 6.23. The maximum atomic E-state index is 12.6. The lowest BCUT2D eigenvalue weighted by atomic mass is 10.1. The Labute approximate surface area is 162 Å². The molecule has 8 heteroatoms. The van der Waals surface area contributed by atoms with E-state index in [0.29, 0.717) is 21.8 Å². The smallest absolute Gasteiger partial charge is 0.341 e. The fourth-order valence-corrected chi connectivity index (χ4v) is 3.43. The summed E-state index contributed by atoms with van der Waals surface area (Å²) < 4.78 is 6.68. The molecule has 0 atom stereocenters. The Morgan fingerprint density at radius 2 is 2.19 bits per heavy atom. The van der Waals surface area contributed by atoms with E-state index >= 15 is 0 Å². The molecule has 0 aliphatic rings. The molecule has 142 valence electrons. The monoisotopic (exact) mass is 386 g/mol. The van der Waals surface area contributed by atoms with Crippen molar-refractivity contribution in [3.63, 3.8) is 0 Å². The largest absolute Gasteiger partial charge is 0.462 e. The molecule has 0 aromatic carbocycles. The Kier molecular flexibility index (Phi) is 6.53. The molecule has 0 saturated heterocycles. The minimum atomic E-state index is -0.580. The molecule has 2 heterocycles. The first-order chi connectivity index (χ1) is 12.8. The van der Waals surface area contributed by atoms with E-state index in [4.69, 9.17) is 4.74 Å². The molecule has 27 heavy (non-hydrogen) atoms. The maximum Gasteiger partial charge on any atom is 0.341 e. The zero-order valence-electron chi connectivity index (χ0n) is 16.0. The highest BCUT2D eigenvalue weighted by atomic mass is 32.1. The van der Waals surface area contributed by atoms with Crippen molar-refractivity contribution in [3.8, 4) is 6.07 Å². The number of aryl methyl sites for hydroxylation is 2. The number of nitriles is 1. The second-order valence-corrected chi connectivity index (χ2v) is 7.32. The normalized spacial score (nSPS) is 11.4. The number of esters is 1. The average Bonchev–Trinajstić information content (AvgIpc) is 3.15. The Bertz CT molecular complexity index is 931. The van der Waals surface area contributed by atoms with E-state index in [-0.39, 0.29) is 18.1 Å². The first-order valence-corrected chi connectivity index (χ1v) is 9.32. The number of thiophene rings is 1. The number of hydrogen-bond donors (Lipinski definition) is 1. The van der Waals surface area contributed by atoms with Crippen LogP contribution in [0.25, 0.3) is 6.08 Å². The van der Waals surface area contributed by atoms with Gasteiger partial charge in [-0.25, -0.2) is 4.79 Å². The van der Waals surface area contributed by atoms with Crippen LogP contribution in [0.2, 0.25) is 0 Å². The van der Waals surface area contributed by atoms with Crippen LogP contribution in [0, 0.1) is 18.3 Å². The second kappa shape index (κ2) is 8.64. The number of aromatic nitrogens is 2. The van der Waals surface area contributed by atoms with Crippen molar-refractivity contribution in [2.24, 2.45) is 7.05 Å². The van der Waals surface area contributed by atoms with Gasteiger partial charge in [-0.2, -0.15) is 10.4 Å². The van der Waals surface area contributed by atoms with Gasteiger partial charge in [-0.1, -0.05) is 13.8 Å². The minimum Gasteiger partial charge on any atom is -0.462 e. The molecule has 0 unspecified atom stereocenters. The van der Waals surface area contributed by atoms with E-state index in [1.165, 1.54) is 17.4 Å². The quantitative estimate of drug-likeness (QED) is 0.464. The molecule has 1 amide bonds. The number of hydrogen-bond acceptors (Lipinski definition) is 6. The molecule has 7 nitrogen and oxygen atoms in total. The molecule has 0 radical (unpaired) electrons. The Hall–Kier alpha value is -2.92. The van der Waals surface area contributed by atoms with Crippen molar-refractivity contribution in [2.45, 2.75) is 33.6 Å². The summed E-state index contributed by atoms with van der Waals surface area (Å²) in [5, 5.41) is 16.7. The predicted octanol–water partition coefficient (Wildman–Crippen LogP) is 3.64. The molecular weight excluding hydrogens is 364 g/mol. The summed E-state index contributed by atoms with van der Waals surface area (Å²) in [4.78, 5) is 25.8. The Morgan fingerprint density at radius 1 is 1.48 bits per heavy atom. The van der Waals surface area contributed by atoms with Gasteiger partial charge in [-0.3, -0.25) is 9.48 Å². The summed E-state index contributed by atoms with van der Waals surface area (Å²) >= 11 is 1.31. The Morgan fingerprint density at radius 3 is 2.70 bits per heavy atom. The molecule has 2 aromatic rings. The summed E-state index contributed by atoms with van der Waals surface area (Å²) in [7, 11) is 1.77. The van der Waals surface area contributed by atoms with Crippen LogP contribution in [0.1, 0.15) is 53.2 Å².